The first-order chi connectivity index (χ1) is 12.6. The van der Waals surface area contributed by atoms with Crippen molar-refractivity contribution in [1.82, 2.24) is 4.57 Å². The molecule has 1 heterocycles. The number of esters is 1. The van der Waals surface area contributed by atoms with Crippen LogP contribution in [0.1, 0.15) is 106 Å². The van der Waals surface area contributed by atoms with Gasteiger partial charge < -0.3 is 9.30 Å². The first-order valence-electron chi connectivity index (χ1n) is 10.5. The molecule has 0 bridgehead atoms. The highest BCUT2D eigenvalue weighted by Crippen LogP contribution is 2.42. The van der Waals surface area contributed by atoms with E-state index < -0.39 is 0 Å². The zero-order valence-electron chi connectivity index (χ0n) is 16.8. The largest absolute Gasteiger partial charge is 0.462 e. The molecule has 0 N–H and O–H groups in total. The molecule has 2 rings (SSSR count). The molecular weight excluding hydrogens is 326 g/mol. The summed E-state index contributed by atoms with van der Waals surface area (Å²) < 4.78 is 6.96. The molecule has 0 unspecified atom stereocenters. The van der Waals surface area contributed by atoms with Gasteiger partial charge in [-0.25, -0.2) is 4.79 Å². The zero-order valence-corrected chi connectivity index (χ0v) is 16.8. The van der Waals surface area contributed by atoms with Gasteiger partial charge in [0, 0.05) is 18.8 Å². The van der Waals surface area contributed by atoms with Gasteiger partial charge in [-0.2, -0.15) is 0 Å². The number of hydrogen-bond donors (Lipinski definition) is 0. The molecule has 1 aromatic rings. The summed E-state index contributed by atoms with van der Waals surface area (Å²) in [5, 5.41) is 0. The summed E-state index contributed by atoms with van der Waals surface area (Å²) in [6, 6.07) is 1.65. The molecule has 0 aromatic carbocycles. The first kappa shape index (κ1) is 20.7. The Kier molecular flexibility index (Phi) is 8.40. The van der Waals surface area contributed by atoms with Crippen molar-refractivity contribution in [2.45, 2.75) is 90.4 Å². The molecule has 0 aliphatic heterocycles. The molecule has 0 saturated heterocycles. The maximum atomic E-state index is 12.6. The summed E-state index contributed by atoms with van der Waals surface area (Å²) in [4.78, 5) is 25.0. The summed E-state index contributed by atoms with van der Waals surface area (Å²) in [5.41, 5.74) is 2.44. The van der Waals surface area contributed by atoms with E-state index in [1.165, 1.54) is 38.5 Å². The number of carbonyl (C=O) groups is 1. The Balaban J connectivity index is 2.03. The van der Waals surface area contributed by atoms with Crippen LogP contribution in [0.15, 0.2) is 10.9 Å². The third-order valence-electron chi connectivity index (χ3n) is 5.36. The van der Waals surface area contributed by atoms with E-state index in [1.807, 2.05) is 6.92 Å². The van der Waals surface area contributed by atoms with Gasteiger partial charge in [0.25, 0.3) is 5.56 Å². The minimum absolute atomic E-state index is 0.00508. The molecule has 0 amide bonds. The highest BCUT2D eigenvalue weighted by molar-refractivity contribution is 5.92. The summed E-state index contributed by atoms with van der Waals surface area (Å²) >= 11 is 0. The summed E-state index contributed by atoms with van der Waals surface area (Å²) in [6.07, 6.45) is 12.8. The predicted molar refractivity (Wildman–Crippen MR) is 106 cm³/mol. The minimum atomic E-state index is -0.264. The number of ether oxygens (including phenoxy) is 1. The van der Waals surface area contributed by atoms with E-state index in [1.54, 1.807) is 17.7 Å². The fourth-order valence-electron chi connectivity index (χ4n) is 3.64. The lowest BCUT2D eigenvalue weighted by Gasteiger charge is -2.17. The second-order valence-electron chi connectivity index (χ2n) is 7.54. The van der Waals surface area contributed by atoms with Crippen molar-refractivity contribution >= 4 is 5.97 Å². The molecule has 0 spiro atoms. The number of nitrogens with zero attached hydrogens (tertiary/aromatic N) is 1. The molecule has 146 valence electrons. The lowest BCUT2D eigenvalue weighted by molar-refractivity contribution is 0.0522. The number of aromatic nitrogens is 1. The molecule has 1 fully saturated rings. The van der Waals surface area contributed by atoms with Crippen LogP contribution in [0.3, 0.4) is 0 Å². The standard InChI is InChI=1S/C22H35NO3/c1-4-6-7-8-9-10-11-12-13-19-21(22(25)26-5-2)18(17-14-15-17)16-20(24)23(19)3/h16-17H,4-15H2,1-3H3. The number of rotatable bonds is 12. The second kappa shape index (κ2) is 10.5. The molecule has 1 saturated carbocycles. The smallest absolute Gasteiger partial charge is 0.340 e. The Labute approximate surface area is 157 Å². The quantitative estimate of drug-likeness (QED) is 0.383. The van der Waals surface area contributed by atoms with E-state index >= 15 is 0 Å². The van der Waals surface area contributed by atoms with Gasteiger partial charge in [0.05, 0.1) is 12.2 Å². The van der Waals surface area contributed by atoms with E-state index in [9.17, 15) is 9.59 Å². The van der Waals surface area contributed by atoms with Crippen LogP contribution in [-0.4, -0.2) is 17.1 Å². The highest BCUT2D eigenvalue weighted by Gasteiger charge is 2.31. The molecule has 0 atom stereocenters. The van der Waals surface area contributed by atoms with E-state index in [2.05, 4.69) is 6.92 Å². The molecule has 1 aromatic heterocycles. The molecule has 26 heavy (non-hydrogen) atoms. The van der Waals surface area contributed by atoms with Crippen molar-refractivity contribution in [3.05, 3.63) is 33.2 Å². The van der Waals surface area contributed by atoms with Gasteiger partial charge in [-0.1, -0.05) is 51.9 Å². The number of hydrogen-bond acceptors (Lipinski definition) is 3. The SMILES string of the molecule is CCCCCCCCCCc1c(C(=O)OCC)c(C2CC2)cc(=O)n1C. The van der Waals surface area contributed by atoms with Gasteiger partial charge in [-0.3, -0.25) is 4.79 Å². The van der Waals surface area contributed by atoms with E-state index in [0.717, 1.165) is 43.4 Å². The average Bonchev–Trinajstić information content (AvgIpc) is 3.45. The van der Waals surface area contributed by atoms with Crippen molar-refractivity contribution in [3.8, 4) is 0 Å². The summed E-state index contributed by atoms with van der Waals surface area (Å²) in [7, 11) is 1.78. The number of unbranched alkanes of at least 4 members (excludes halogenated alkanes) is 7. The molecule has 4 heteroatoms. The first-order valence-corrected chi connectivity index (χ1v) is 10.5. The Morgan fingerprint density at radius 2 is 1.69 bits per heavy atom. The molecular formula is C22H35NO3. The number of pyridine rings is 1. The third kappa shape index (κ3) is 5.72. The predicted octanol–water partition coefficient (Wildman–Crippen LogP) is 5.12. The Morgan fingerprint density at radius 1 is 1.08 bits per heavy atom. The van der Waals surface area contributed by atoms with Gasteiger partial charge in [0.1, 0.15) is 0 Å². The van der Waals surface area contributed by atoms with Crippen LogP contribution in [0.2, 0.25) is 0 Å². The molecule has 4 nitrogen and oxygen atoms in total. The second-order valence-corrected chi connectivity index (χ2v) is 7.54. The van der Waals surface area contributed by atoms with Gasteiger partial charge >= 0.3 is 5.97 Å². The zero-order chi connectivity index (χ0) is 18.9. The van der Waals surface area contributed by atoms with Crippen LogP contribution in [0.5, 0.6) is 0 Å². The van der Waals surface area contributed by atoms with E-state index in [-0.39, 0.29) is 11.5 Å². The lowest BCUT2D eigenvalue weighted by atomic mass is 9.98. The van der Waals surface area contributed by atoms with Gasteiger partial charge in [0.2, 0.25) is 0 Å². The number of carbonyl (C=O) groups excluding carboxylic acids is 1. The Hall–Kier alpha value is -1.58. The van der Waals surface area contributed by atoms with E-state index in [0.29, 0.717) is 18.1 Å². The molecule has 1 aliphatic carbocycles. The summed E-state index contributed by atoms with van der Waals surface area (Å²) in [5.74, 6) is 0.0974. The maximum Gasteiger partial charge on any atom is 0.340 e. The monoisotopic (exact) mass is 361 g/mol. The third-order valence-corrected chi connectivity index (χ3v) is 5.36. The average molecular weight is 362 g/mol. The van der Waals surface area contributed by atoms with Gasteiger partial charge in [0.15, 0.2) is 0 Å². The van der Waals surface area contributed by atoms with E-state index in [4.69, 9.17) is 4.74 Å². The van der Waals surface area contributed by atoms with Gasteiger partial charge in [-0.15, -0.1) is 0 Å². The van der Waals surface area contributed by atoms with Crippen LogP contribution in [0.25, 0.3) is 0 Å². The molecule has 0 radical (unpaired) electrons. The van der Waals surface area contributed by atoms with Crippen molar-refractivity contribution in [1.29, 1.82) is 0 Å². The van der Waals surface area contributed by atoms with Crippen LogP contribution >= 0.6 is 0 Å². The Morgan fingerprint density at radius 3 is 2.27 bits per heavy atom. The normalized spacial score (nSPS) is 13.8. The summed E-state index contributed by atoms with van der Waals surface area (Å²) in [6.45, 7) is 4.43. The topological polar surface area (TPSA) is 48.3 Å². The highest BCUT2D eigenvalue weighted by atomic mass is 16.5. The minimum Gasteiger partial charge on any atom is -0.462 e. The van der Waals surface area contributed by atoms with Crippen LogP contribution in [0, 0.1) is 0 Å². The fraction of sp³-hybridized carbons (Fsp3) is 0.727. The lowest BCUT2D eigenvalue weighted by Crippen LogP contribution is -2.26. The van der Waals surface area contributed by atoms with Crippen LogP contribution in [-0.2, 0) is 18.2 Å². The van der Waals surface area contributed by atoms with Crippen molar-refractivity contribution in [2.75, 3.05) is 6.61 Å². The van der Waals surface area contributed by atoms with Crippen molar-refractivity contribution < 1.29 is 9.53 Å². The van der Waals surface area contributed by atoms with Gasteiger partial charge in [-0.05, 0) is 44.1 Å². The van der Waals surface area contributed by atoms with Crippen molar-refractivity contribution in [3.63, 3.8) is 0 Å². The maximum absolute atomic E-state index is 12.6. The Bertz CT molecular complexity index is 644. The van der Waals surface area contributed by atoms with Crippen molar-refractivity contribution in [2.24, 2.45) is 7.05 Å². The molecule has 1 aliphatic rings. The fourth-order valence-corrected chi connectivity index (χ4v) is 3.64. The van der Waals surface area contributed by atoms with Crippen LogP contribution in [0.4, 0.5) is 0 Å². The van der Waals surface area contributed by atoms with Crippen LogP contribution < -0.4 is 5.56 Å².